The Balaban J connectivity index is 1.98. The first-order valence-electron chi connectivity index (χ1n) is 6.22. The Hall–Kier alpha value is -1.95. The van der Waals surface area contributed by atoms with Crippen LogP contribution in [-0.2, 0) is 6.42 Å². The van der Waals surface area contributed by atoms with Crippen LogP contribution >= 0.6 is 11.3 Å². The molecule has 4 nitrogen and oxygen atoms in total. The van der Waals surface area contributed by atoms with Gasteiger partial charge >= 0.3 is 0 Å². The van der Waals surface area contributed by atoms with Crippen LogP contribution in [0.3, 0.4) is 0 Å². The molecule has 0 spiro atoms. The van der Waals surface area contributed by atoms with Gasteiger partial charge in [-0.1, -0.05) is 0 Å². The van der Waals surface area contributed by atoms with Gasteiger partial charge in [-0.15, -0.1) is 11.3 Å². The average Bonchev–Trinajstić information content (AvgIpc) is 2.79. The lowest BCUT2D eigenvalue weighted by Crippen LogP contribution is -2.27. The predicted octanol–water partition coefficient (Wildman–Crippen LogP) is 2.45. The van der Waals surface area contributed by atoms with Gasteiger partial charge in [0, 0.05) is 29.7 Å². The number of nitrogens with zero attached hydrogens (tertiary/aromatic N) is 1. The molecule has 2 aromatic rings. The Kier molecular flexibility index (Phi) is 4.34. The summed E-state index contributed by atoms with van der Waals surface area (Å²) >= 11 is 1.55. The zero-order valence-corrected chi connectivity index (χ0v) is 12.2. The van der Waals surface area contributed by atoms with Gasteiger partial charge in [0.25, 0.3) is 5.91 Å². The second-order valence-corrected chi connectivity index (χ2v) is 5.53. The quantitative estimate of drug-likeness (QED) is 0.851. The fourth-order valence-electron chi connectivity index (χ4n) is 1.86. The van der Waals surface area contributed by atoms with E-state index < -0.39 is 11.7 Å². The van der Waals surface area contributed by atoms with Crippen LogP contribution in [0.4, 0.5) is 10.1 Å². The number of nitrogen functional groups attached to an aromatic ring is 1. The van der Waals surface area contributed by atoms with Gasteiger partial charge in [0.15, 0.2) is 0 Å². The summed E-state index contributed by atoms with van der Waals surface area (Å²) in [7, 11) is 0. The van der Waals surface area contributed by atoms with Gasteiger partial charge in [-0.25, -0.2) is 9.37 Å². The van der Waals surface area contributed by atoms with Crippen LogP contribution < -0.4 is 11.1 Å². The number of carbonyl (C=O) groups is 1. The van der Waals surface area contributed by atoms with E-state index in [4.69, 9.17) is 5.73 Å². The number of nitrogens with one attached hydrogen (secondary N) is 1. The van der Waals surface area contributed by atoms with Crippen molar-refractivity contribution in [2.24, 2.45) is 0 Å². The second kappa shape index (κ2) is 6.00. The number of thiazole rings is 1. The van der Waals surface area contributed by atoms with Crippen LogP contribution in [0.15, 0.2) is 17.5 Å². The molecule has 1 heterocycles. The summed E-state index contributed by atoms with van der Waals surface area (Å²) in [5.74, 6) is -0.979. The lowest BCUT2D eigenvalue weighted by molar-refractivity contribution is 0.0950. The second-order valence-electron chi connectivity index (χ2n) is 4.59. The molecule has 3 N–H and O–H groups in total. The Labute approximate surface area is 120 Å². The fourth-order valence-corrected chi connectivity index (χ4v) is 2.63. The van der Waals surface area contributed by atoms with Gasteiger partial charge in [-0.05, 0) is 31.5 Å². The molecule has 0 aliphatic rings. The molecule has 2 rings (SSSR count). The number of amides is 1. The van der Waals surface area contributed by atoms with Crippen molar-refractivity contribution in [1.82, 2.24) is 10.3 Å². The normalized spacial score (nSPS) is 10.6. The monoisotopic (exact) mass is 293 g/mol. The summed E-state index contributed by atoms with van der Waals surface area (Å²) in [6.45, 7) is 3.92. The third-order valence-electron chi connectivity index (χ3n) is 2.81. The molecule has 106 valence electrons. The van der Waals surface area contributed by atoms with E-state index in [1.54, 1.807) is 18.3 Å². The first-order valence-corrected chi connectivity index (χ1v) is 7.10. The number of carbonyl (C=O) groups excluding carboxylic acids is 1. The molecule has 6 heteroatoms. The van der Waals surface area contributed by atoms with E-state index in [1.807, 2.05) is 12.3 Å². The molecule has 0 aliphatic carbocycles. The number of aryl methyl sites for hydroxylation is 2. The van der Waals surface area contributed by atoms with E-state index in [-0.39, 0.29) is 5.56 Å². The van der Waals surface area contributed by atoms with Crippen molar-refractivity contribution in [2.45, 2.75) is 20.3 Å². The maximum atomic E-state index is 13.9. The van der Waals surface area contributed by atoms with E-state index in [9.17, 15) is 9.18 Å². The van der Waals surface area contributed by atoms with Crippen molar-refractivity contribution in [2.75, 3.05) is 12.3 Å². The van der Waals surface area contributed by atoms with Crippen molar-refractivity contribution in [3.05, 3.63) is 45.2 Å². The van der Waals surface area contributed by atoms with Crippen molar-refractivity contribution < 1.29 is 9.18 Å². The summed E-state index contributed by atoms with van der Waals surface area (Å²) in [6, 6.07) is 2.86. The van der Waals surface area contributed by atoms with Crippen molar-refractivity contribution >= 4 is 22.9 Å². The number of hydrogen-bond acceptors (Lipinski definition) is 4. The van der Waals surface area contributed by atoms with Gasteiger partial charge in [0.1, 0.15) is 5.82 Å². The molecule has 0 unspecified atom stereocenters. The minimum Gasteiger partial charge on any atom is -0.399 e. The van der Waals surface area contributed by atoms with Gasteiger partial charge in [-0.2, -0.15) is 0 Å². The molecule has 20 heavy (non-hydrogen) atoms. The molecular formula is C14H16FN3OS. The Morgan fingerprint density at radius 1 is 1.45 bits per heavy atom. The lowest BCUT2D eigenvalue weighted by atomic mass is 10.1. The van der Waals surface area contributed by atoms with Crippen LogP contribution in [0.2, 0.25) is 0 Å². The van der Waals surface area contributed by atoms with Crippen LogP contribution in [0.25, 0.3) is 0 Å². The molecule has 0 radical (unpaired) electrons. The largest absolute Gasteiger partial charge is 0.399 e. The number of anilines is 1. The molecule has 0 saturated carbocycles. The number of nitrogens with two attached hydrogens (primary N) is 1. The van der Waals surface area contributed by atoms with Gasteiger partial charge < -0.3 is 11.1 Å². The zero-order valence-electron chi connectivity index (χ0n) is 11.4. The highest BCUT2D eigenvalue weighted by Crippen LogP contribution is 2.17. The minimum atomic E-state index is -0.526. The molecule has 0 bridgehead atoms. The molecule has 0 aliphatic heterocycles. The van der Waals surface area contributed by atoms with Gasteiger partial charge in [0.05, 0.1) is 10.6 Å². The SMILES string of the molecule is Cc1csc(CCNC(=O)c2cc(N)cc(C)c2F)n1. The van der Waals surface area contributed by atoms with Crippen molar-refractivity contribution in [3.8, 4) is 0 Å². The highest BCUT2D eigenvalue weighted by Gasteiger charge is 2.14. The first-order chi connectivity index (χ1) is 9.47. The first kappa shape index (κ1) is 14.5. The maximum Gasteiger partial charge on any atom is 0.254 e. The summed E-state index contributed by atoms with van der Waals surface area (Å²) in [5, 5.41) is 5.59. The molecule has 0 saturated heterocycles. The van der Waals surface area contributed by atoms with Gasteiger partial charge in [0.2, 0.25) is 0 Å². The predicted molar refractivity (Wildman–Crippen MR) is 78.4 cm³/mol. The summed E-state index contributed by atoms with van der Waals surface area (Å²) < 4.78 is 13.9. The standard InChI is InChI=1S/C14H16FN3OS/c1-8-5-10(16)6-11(13(8)15)14(19)17-4-3-12-18-9(2)7-20-12/h5-7H,3-4,16H2,1-2H3,(H,17,19). The third kappa shape index (κ3) is 3.33. The van der Waals surface area contributed by atoms with Crippen LogP contribution in [0.1, 0.15) is 26.6 Å². The Morgan fingerprint density at radius 2 is 2.20 bits per heavy atom. The summed E-state index contributed by atoms with van der Waals surface area (Å²) in [6.07, 6.45) is 0.632. The molecule has 0 fully saturated rings. The number of halogens is 1. The number of aromatic nitrogens is 1. The van der Waals surface area contributed by atoms with E-state index in [0.717, 1.165) is 10.7 Å². The Bertz CT molecular complexity index is 639. The highest BCUT2D eigenvalue weighted by molar-refractivity contribution is 7.09. The topological polar surface area (TPSA) is 68.0 Å². The molecule has 1 amide bonds. The van der Waals surface area contributed by atoms with E-state index in [0.29, 0.717) is 24.2 Å². The van der Waals surface area contributed by atoms with Crippen LogP contribution in [0, 0.1) is 19.7 Å². The van der Waals surface area contributed by atoms with E-state index in [1.165, 1.54) is 12.1 Å². The van der Waals surface area contributed by atoms with Crippen LogP contribution in [0.5, 0.6) is 0 Å². The number of hydrogen-bond donors (Lipinski definition) is 2. The number of rotatable bonds is 4. The lowest BCUT2D eigenvalue weighted by Gasteiger charge is -2.08. The van der Waals surface area contributed by atoms with Gasteiger partial charge in [-0.3, -0.25) is 4.79 Å². The molecule has 1 aromatic heterocycles. The zero-order chi connectivity index (χ0) is 14.7. The Morgan fingerprint density at radius 3 is 2.85 bits per heavy atom. The smallest absolute Gasteiger partial charge is 0.254 e. The average molecular weight is 293 g/mol. The maximum absolute atomic E-state index is 13.9. The van der Waals surface area contributed by atoms with E-state index in [2.05, 4.69) is 10.3 Å². The van der Waals surface area contributed by atoms with E-state index >= 15 is 0 Å². The highest BCUT2D eigenvalue weighted by atomic mass is 32.1. The fraction of sp³-hybridized carbons (Fsp3) is 0.286. The molecule has 0 atom stereocenters. The van der Waals surface area contributed by atoms with Crippen molar-refractivity contribution in [1.29, 1.82) is 0 Å². The van der Waals surface area contributed by atoms with Crippen LogP contribution in [-0.4, -0.2) is 17.4 Å². The van der Waals surface area contributed by atoms with Crippen molar-refractivity contribution in [3.63, 3.8) is 0 Å². The third-order valence-corrected chi connectivity index (χ3v) is 3.84. The minimum absolute atomic E-state index is 0.0159. The summed E-state index contributed by atoms with van der Waals surface area (Å²) in [4.78, 5) is 16.2. The number of benzene rings is 1. The molecular weight excluding hydrogens is 277 g/mol. The summed E-state index contributed by atoms with van der Waals surface area (Å²) in [5.41, 5.74) is 7.33. The molecule has 1 aromatic carbocycles.